The van der Waals surface area contributed by atoms with Crippen molar-refractivity contribution in [1.29, 1.82) is 0 Å². The van der Waals surface area contributed by atoms with Gasteiger partial charge in [-0.05, 0) is 79.0 Å². The van der Waals surface area contributed by atoms with Crippen LogP contribution in [-0.2, 0) is 38.1 Å². The van der Waals surface area contributed by atoms with E-state index in [1.165, 1.54) is 24.4 Å². The standard InChI is InChI=1S/C34H38FNO5.C2H6/c1-4-40-32(37)29-18-34(29)14-11-23-8-9-24(16-27(23)34)41-20-22-7-10-25(26-17-31(39-3)36-19-30(26)35)28(15-22)33(21-38-2)12-5-6-13-33;1-2/h7-10,15-17,19,29H,4-6,11-14,18,20-21H2,1-3H3;1-2H3. The Morgan fingerprint density at radius 3 is 2.51 bits per heavy atom. The number of rotatable bonds is 10. The van der Waals surface area contributed by atoms with Crippen molar-refractivity contribution < 1.29 is 28.1 Å². The van der Waals surface area contributed by atoms with E-state index in [4.69, 9.17) is 18.9 Å². The number of methoxy groups -OCH3 is 2. The van der Waals surface area contributed by atoms with Crippen LogP contribution < -0.4 is 9.47 Å². The van der Waals surface area contributed by atoms with Gasteiger partial charge in [0.25, 0.3) is 0 Å². The molecule has 3 aliphatic carbocycles. The summed E-state index contributed by atoms with van der Waals surface area (Å²) < 4.78 is 37.9. The van der Waals surface area contributed by atoms with Crippen LogP contribution in [0.1, 0.15) is 81.5 Å². The van der Waals surface area contributed by atoms with E-state index in [2.05, 4.69) is 23.2 Å². The molecule has 6 nitrogen and oxygen atoms in total. The fourth-order valence-corrected chi connectivity index (χ4v) is 7.33. The van der Waals surface area contributed by atoms with Crippen molar-refractivity contribution in [2.75, 3.05) is 27.4 Å². The first kappa shape index (κ1) is 31.0. The Labute approximate surface area is 254 Å². The van der Waals surface area contributed by atoms with Crippen LogP contribution >= 0.6 is 0 Å². The van der Waals surface area contributed by atoms with Crippen molar-refractivity contribution in [1.82, 2.24) is 4.98 Å². The largest absolute Gasteiger partial charge is 0.489 e. The summed E-state index contributed by atoms with van der Waals surface area (Å²) in [5.74, 6) is 0.656. The molecule has 0 radical (unpaired) electrons. The van der Waals surface area contributed by atoms with Gasteiger partial charge in [-0.2, -0.15) is 0 Å². The molecule has 1 aromatic heterocycles. The molecule has 0 aliphatic heterocycles. The minimum atomic E-state index is -0.380. The maximum Gasteiger partial charge on any atom is 0.309 e. The number of aryl methyl sites for hydroxylation is 1. The van der Waals surface area contributed by atoms with Gasteiger partial charge < -0.3 is 18.9 Å². The molecule has 1 spiro atoms. The van der Waals surface area contributed by atoms with Gasteiger partial charge in [-0.15, -0.1) is 0 Å². The highest BCUT2D eigenvalue weighted by molar-refractivity contribution is 5.80. The lowest BCUT2D eigenvalue weighted by Crippen LogP contribution is -2.29. The summed E-state index contributed by atoms with van der Waals surface area (Å²) in [4.78, 5) is 16.5. The van der Waals surface area contributed by atoms with Crippen molar-refractivity contribution >= 4 is 5.97 Å². The Balaban J connectivity index is 0.00000180. The number of halogens is 1. The number of pyridine rings is 1. The maximum atomic E-state index is 15.1. The Hall–Kier alpha value is -3.45. The Bertz CT molecular complexity index is 1450. The average molecular weight is 590 g/mol. The van der Waals surface area contributed by atoms with Crippen LogP contribution in [0.15, 0.2) is 48.7 Å². The molecular formula is C36H44FNO5. The first-order valence-electron chi connectivity index (χ1n) is 15.7. The van der Waals surface area contributed by atoms with Crippen molar-refractivity contribution in [3.05, 3.63) is 76.7 Å². The topological polar surface area (TPSA) is 66.9 Å². The lowest BCUT2D eigenvalue weighted by Gasteiger charge is -2.32. The molecule has 3 aromatic rings. The number of esters is 1. The zero-order valence-electron chi connectivity index (χ0n) is 26.1. The van der Waals surface area contributed by atoms with Crippen molar-refractivity contribution in [3.63, 3.8) is 0 Å². The number of benzene rings is 2. The van der Waals surface area contributed by atoms with Crippen LogP contribution in [0, 0.1) is 11.7 Å². The smallest absolute Gasteiger partial charge is 0.309 e. The SMILES string of the molecule is CC.CCOC(=O)C1CC12CCc1ccc(OCc3ccc(-c4cc(OC)ncc4F)c(C4(COC)CCCC4)c3)cc12. The molecule has 0 bridgehead atoms. The number of aromatic nitrogens is 1. The summed E-state index contributed by atoms with van der Waals surface area (Å²) in [7, 11) is 3.27. The fraction of sp³-hybridized carbons (Fsp3) is 0.500. The Morgan fingerprint density at radius 1 is 1.00 bits per heavy atom. The van der Waals surface area contributed by atoms with E-state index >= 15 is 4.39 Å². The van der Waals surface area contributed by atoms with Crippen molar-refractivity contribution in [2.24, 2.45) is 5.92 Å². The zero-order valence-corrected chi connectivity index (χ0v) is 26.1. The molecule has 3 aliphatic rings. The third kappa shape index (κ3) is 5.88. The molecule has 2 atom stereocenters. The normalized spacial score (nSPS) is 21.1. The van der Waals surface area contributed by atoms with Gasteiger partial charge in [-0.25, -0.2) is 9.37 Å². The van der Waals surface area contributed by atoms with Gasteiger partial charge in [-0.3, -0.25) is 4.79 Å². The Morgan fingerprint density at radius 2 is 1.79 bits per heavy atom. The van der Waals surface area contributed by atoms with Gasteiger partial charge in [0.05, 0.1) is 32.4 Å². The van der Waals surface area contributed by atoms with Gasteiger partial charge in [0.2, 0.25) is 5.88 Å². The summed E-state index contributed by atoms with van der Waals surface area (Å²) >= 11 is 0. The summed E-state index contributed by atoms with van der Waals surface area (Å²) in [6.07, 6.45) is 8.22. The second-order valence-corrected chi connectivity index (χ2v) is 11.8. The van der Waals surface area contributed by atoms with Crippen LogP contribution in [0.25, 0.3) is 11.1 Å². The van der Waals surface area contributed by atoms with Crippen molar-refractivity contribution in [2.45, 2.75) is 83.2 Å². The number of carbonyl (C=O) groups is 1. The molecule has 7 heteroatoms. The molecule has 2 aromatic carbocycles. The van der Waals surface area contributed by atoms with E-state index in [1.807, 2.05) is 39.0 Å². The van der Waals surface area contributed by atoms with E-state index in [1.54, 1.807) is 13.2 Å². The van der Waals surface area contributed by atoms with Crippen molar-refractivity contribution in [3.8, 4) is 22.8 Å². The van der Waals surface area contributed by atoms with Gasteiger partial charge >= 0.3 is 5.97 Å². The minimum Gasteiger partial charge on any atom is -0.489 e. The first-order valence-corrected chi connectivity index (χ1v) is 15.7. The van der Waals surface area contributed by atoms with E-state index in [0.29, 0.717) is 31.3 Å². The number of hydrogen-bond donors (Lipinski definition) is 0. The molecule has 1 heterocycles. The van der Waals surface area contributed by atoms with Gasteiger partial charge in [0, 0.05) is 29.6 Å². The van der Waals surface area contributed by atoms with Crippen LogP contribution in [0.2, 0.25) is 0 Å². The monoisotopic (exact) mass is 589 g/mol. The third-order valence-corrected chi connectivity index (χ3v) is 9.48. The third-order valence-electron chi connectivity index (χ3n) is 9.48. The lowest BCUT2D eigenvalue weighted by molar-refractivity contribution is -0.145. The molecule has 2 fully saturated rings. The molecule has 2 unspecified atom stereocenters. The number of nitrogens with zero attached hydrogens (tertiary/aromatic N) is 1. The highest BCUT2D eigenvalue weighted by atomic mass is 19.1. The number of hydrogen-bond acceptors (Lipinski definition) is 6. The van der Waals surface area contributed by atoms with Gasteiger partial charge in [0.15, 0.2) is 0 Å². The minimum absolute atomic E-state index is 0.0513. The second-order valence-electron chi connectivity index (χ2n) is 11.8. The molecule has 0 saturated heterocycles. The van der Waals surface area contributed by atoms with Gasteiger partial charge in [0.1, 0.15) is 18.2 Å². The number of fused-ring (bicyclic) bond motifs is 2. The summed E-state index contributed by atoms with van der Waals surface area (Å²) in [6, 6.07) is 14.1. The van der Waals surface area contributed by atoms with E-state index in [9.17, 15) is 4.79 Å². The lowest BCUT2D eigenvalue weighted by atomic mass is 9.75. The quantitative estimate of drug-likeness (QED) is 0.226. The number of carbonyl (C=O) groups excluding carboxylic acids is 1. The average Bonchev–Trinajstić information content (AvgIpc) is 3.38. The molecule has 43 heavy (non-hydrogen) atoms. The fourth-order valence-electron chi connectivity index (χ4n) is 7.33. The van der Waals surface area contributed by atoms with E-state index in [0.717, 1.165) is 67.4 Å². The summed E-state index contributed by atoms with van der Waals surface area (Å²) in [5.41, 5.74) is 5.64. The molecule has 230 valence electrons. The molecular weight excluding hydrogens is 545 g/mol. The molecule has 6 rings (SSSR count). The number of ether oxygens (including phenoxy) is 4. The highest BCUT2D eigenvalue weighted by Gasteiger charge is 2.62. The molecule has 0 amide bonds. The predicted octanol–water partition coefficient (Wildman–Crippen LogP) is 7.73. The van der Waals surface area contributed by atoms with E-state index < -0.39 is 0 Å². The Kier molecular flexibility index (Phi) is 9.40. The highest BCUT2D eigenvalue weighted by Crippen LogP contribution is 2.62. The van der Waals surface area contributed by atoms with Gasteiger partial charge in [-0.1, -0.05) is 51.0 Å². The maximum absolute atomic E-state index is 15.1. The van der Waals surface area contributed by atoms with E-state index in [-0.39, 0.29) is 28.5 Å². The zero-order chi connectivity index (χ0) is 30.6. The molecule has 0 N–H and O–H groups in total. The predicted molar refractivity (Wildman–Crippen MR) is 165 cm³/mol. The van der Waals surface area contributed by atoms with Crippen LogP contribution in [-0.4, -0.2) is 38.4 Å². The van der Waals surface area contributed by atoms with Crippen LogP contribution in [0.5, 0.6) is 11.6 Å². The molecule has 2 saturated carbocycles. The van der Waals surface area contributed by atoms with Crippen LogP contribution in [0.3, 0.4) is 0 Å². The first-order chi connectivity index (χ1) is 20.9. The summed E-state index contributed by atoms with van der Waals surface area (Å²) in [5, 5.41) is 0. The van der Waals surface area contributed by atoms with Crippen LogP contribution in [0.4, 0.5) is 4.39 Å². The summed E-state index contributed by atoms with van der Waals surface area (Å²) in [6.45, 7) is 7.22. The second kappa shape index (κ2) is 13.0.